The summed E-state index contributed by atoms with van der Waals surface area (Å²) < 4.78 is 13.5. The van der Waals surface area contributed by atoms with Crippen LogP contribution in [0.3, 0.4) is 0 Å². The Morgan fingerprint density at radius 1 is 1.32 bits per heavy atom. The summed E-state index contributed by atoms with van der Waals surface area (Å²) in [5.41, 5.74) is 3.86. The second-order valence-corrected chi connectivity index (χ2v) is 4.28. The van der Waals surface area contributed by atoms with Gasteiger partial charge in [-0.3, -0.25) is 5.43 Å². The summed E-state index contributed by atoms with van der Waals surface area (Å²) in [6, 6.07) is 6.82. The number of nitrogen functional groups attached to an aromatic ring is 1. The molecule has 1 heterocycles. The zero-order valence-electron chi connectivity index (χ0n) is 10.8. The number of nitrogens with one attached hydrogen (secondary N) is 2. The third kappa shape index (κ3) is 3.17. The van der Waals surface area contributed by atoms with Gasteiger partial charge in [-0.15, -0.1) is 0 Å². The smallest absolute Gasteiger partial charge is 0.239 e. The van der Waals surface area contributed by atoms with Crippen LogP contribution in [0.15, 0.2) is 30.5 Å². The van der Waals surface area contributed by atoms with E-state index in [-0.39, 0.29) is 11.9 Å². The fourth-order valence-corrected chi connectivity index (χ4v) is 1.69. The SMILES string of the molecule is Cc1ccc(C(C)Nc2ccnc(NN)n2)cc1F. The van der Waals surface area contributed by atoms with Gasteiger partial charge in [-0.1, -0.05) is 12.1 Å². The summed E-state index contributed by atoms with van der Waals surface area (Å²) in [7, 11) is 0. The molecule has 4 N–H and O–H groups in total. The molecular weight excluding hydrogens is 245 g/mol. The van der Waals surface area contributed by atoms with Gasteiger partial charge in [-0.2, -0.15) is 4.98 Å². The van der Waals surface area contributed by atoms with Crippen LogP contribution in [-0.2, 0) is 0 Å². The van der Waals surface area contributed by atoms with E-state index in [1.54, 1.807) is 25.3 Å². The van der Waals surface area contributed by atoms with Gasteiger partial charge in [-0.25, -0.2) is 15.2 Å². The topological polar surface area (TPSA) is 75.9 Å². The molecule has 0 saturated carbocycles. The van der Waals surface area contributed by atoms with Crippen LogP contribution in [-0.4, -0.2) is 9.97 Å². The van der Waals surface area contributed by atoms with Crippen LogP contribution in [0.4, 0.5) is 16.2 Å². The van der Waals surface area contributed by atoms with Gasteiger partial charge in [-0.05, 0) is 37.1 Å². The van der Waals surface area contributed by atoms with Gasteiger partial charge < -0.3 is 5.32 Å². The van der Waals surface area contributed by atoms with Crippen LogP contribution >= 0.6 is 0 Å². The van der Waals surface area contributed by atoms with Gasteiger partial charge in [0.25, 0.3) is 0 Å². The first-order chi connectivity index (χ1) is 9.10. The molecule has 19 heavy (non-hydrogen) atoms. The molecule has 0 aliphatic carbocycles. The van der Waals surface area contributed by atoms with Crippen molar-refractivity contribution in [3.8, 4) is 0 Å². The molecule has 1 unspecified atom stereocenters. The lowest BCUT2D eigenvalue weighted by Gasteiger charge is -2.15. The summed E-state index contributed by atoms with van der Waals surface area (Å²) >= 11 is 0. The Morgan fingerprint density at radius 3 is 2.79 bits per heavy atom. The Kier molecular flexibility index (Phi) is 3.91. The molecule has 0 spiro atoms. The molecule has 2 aromatic rings. The Morgan fingerprint density at radius 2 is 2.11 bits per heavy atom. The van der Waals surface area contributed by atoms with Crippen LogP contribution in [0.25, 0.3) is 0 Å². The molecule has 5 nitrogen and oxygen atoms in total. The molecule has 1 aromatic heterocycles. The van der Waals surface area contributed by atoms with Crippen molar-refractivity contribution in [2.24, 2.45) is 5.84 Å². The number of hydrogen-bond acceptors (Lipinski definition) is 5. The number of aryl methyl sites for hydroxylation is 1. The van der Waals surface area contributed by atoms with E-state index in [9.17, 15) is 4.39 Å². The molecule has 0 saturated heterocycles. The van der Waals surface area contributed by atoms with Gasteiger partial charge in [0.15, 0.2) is 0 Å². The minimum absolute atomic E-state index is 0.0735. The number of nitrogens with zero attached hydrogens (tertiary/aromatic N) is 2. The largest absolute Gasteiger partial charge is 0.363 e. The molecule has 0 amide bonds. The van der Waals surface area contributed by atoms with Crippen LogP contribution < -0.4 is 16.6 Å². The zero-order chi connectivity index (χ0) is 13.8. The zero-order valence-corrected chi connectivity index (χ0v) is 10.8. The number of anilines is 2. The van der Waals surface area contributed by atoms with Crippen molar-refractivity contribution in [1.82, 2.24) is 9.97 Å². The maximum atomic E-state index is 13.5. The Hall–Kier alpha value is -2.21. The van der Waals surface area contributed by atoms with Crippen molar-refractivity contribution >= 4 is 11.8 Å². The highest BCUT2D eigenvalue weighted by Crippen LogP contribution is 2.20. The average molecular weight is 261 g/mol. The predicted molar refractivity (Wildman–Crippen MR) is 73.0 cm³/mol. The highest BCUT2D eigenvalue weighted by atomic mass is 19.1. The molecule has 0 radical (unpaired) electrons. The van der Waals surface area contributed by atoms with E-state index in [0.29, 0.717) is 17.3 Å². The Labute approximate surface area is 111 Å². The number of hydrogen-bond donors (Lipinski definition) is 3. The van der Waals surface area contributed by atoms with E-state index in [0.717, 1.165) is 5.56 Å². The Balaban J connectivity index is 2.15. The van der Waals surface area contributed by atoms with Gasteiger partial charge in [0.05, 0.1) is 6.04 Å². The van der Waals surface area contributed by atoms with Crippen LogP contribution in [0.2, 0.25) is 0 Å². The number of aromatic nitrogens is 2. The monoisotopic (exact) mass is 261 g/mol. The minimum Gasteiger partial charge on any atom is -0.363 e. The molecule has 0 fully saturated rings. The summed E-state index contributed by atoms with van der Waals surface area (Å²) in [6.07, 6.45) is 1.59. The van der Waals surface area contributed by atoms with Crippen molar-refractivity contribution in [3.63, 3.8) is 0 Å². The maximum Gasteiger partial charge on any atom is 0.239 e. The molecule has 0 aliphatic rings. The third-order valence-electron chi connectivity index (χ3n) is 2.84. The second-order valence-electron chi connectivity index (χ2n) is 4.28. The summed E-state index contributed by atoms with van der Waals surface area (Å²) in [4.78, 5) is 8.06. The Bertz CT molecular complexity index is 573. The molecule has 1 atom stereocenters. The lowest BCUT2D eigenvalue weighted by atomic mass is 10.1. The van der Waals surface area contributed by atoms with Crippen LogP contribution in [0.5, 0.6) is 0 Å². The normalized spacial score (nSPS) is 12.0. The first-order valence-corrected chi connectivity index (χ1v) is 5.92. The molecule has 100 valence electrons. The number of halogens is 1. The number of hydrazine groups is 1. The molecular formula is C13H16FN5. The van der Waals surface area contributed by atoms with Gasteiger partial charge in [0.1, 0.15) is 11.6 Å². The third-order valence-corrected chi connectivity index (χ3v) is 2.84. The number of rotatable bonds is 4. The van der Waals surface area contributed by atoms with Crippen molar-refractivity contribution in [2.75, 3.05) is 10.7 Å². The highest BCUT2D eigenvalue weighted by molar-refractivity contribution is 5.41. The lowest BCUT2D eigenvalue weighted by Crippen LogP contribution is -2.13. The van der Waals surface area contributed by atoms with Crippen molar-refractivity contribution < 1.29 is 4.39 Å². The fraction of sp³-hybridized carbons (Fsp3) is 0.231. The van der Waals surface area contributed by atoms with E-state index < -0.39 is 0 Å². The molecule has 6 heteroatoms. The molecule has 0 aliphatic heterocycles. The second kappa shape index (κ2) is 5.62. The van der Waals surface area contributed by atoms with E-state index in [1.807, 2.05) is 13.0 Å². The summed E-state index contributed by atoms with van der Waals surface area (Å²) in [6.45, 7) is 3.67. The van der Waals surface area contributed by atoms with Crippen molar-refractivity contribution in [3.05, 3.63) is 47.4 Å². The first kappa shape index (κ1) is 13.2. The summed E-state index contributed by atoms with van der Waals surface area (Å²) in [5, 5.41) is 3.17. The first-order valence-electron chi connectivity index (χ1n) is 5.92. The van der Waals surface area contributed by atoms with E-state index in [4.69, 9.17) is 5.84 Å². The molecule has 0 bridgehead atoms. The lowest BCUT2D eigenvalue weighted by molar-refractivity contribution is 0.614. The molecule has 1 aromatic carbocycles. The van der Waals surface area contributed by atoms with Crippen LogP contribution in [0, 0.1) is 12.7 Å². The highest BCUT2D eigenvalue weighted by Gasteiger charge is 2.08. The number of nitrogens with two attached hydrogens (primary N) is 1. The fourth-order valence-electron chi connectivity index (χ4n) is 1.69. The standard InChI is InChI=1S/C13H16FN5/c1-8-3-4-10(7-11(8)14)9(2)17-12-5-6-16-13(18-12)19-15/h3-7,9H,15H2,1-2H3,(H2,16,17,18,19). The predicted octanol–water partition coefficient (Wildman–Crippen LogP) is 2.38. The average Bonchev–Trinajstić information content (AvgIpc) is 2.42. The number of benzene rings is 1. The van der Waals surface area contributed by atoms with Crippen LogP contribution in [0.1, 0.15) is 24.1 Å². The van der Waals surface area contributed by atoms with Crippen molar-refractivity contribution in [2.45, 2.75) is 19.9 Å². The maximum absolute atomic E-state index is 13.5. The molecule has 2 rings (SSSR count). The van der Waals surface area contributed by atoms with E-state index in [1.165, 1.54) is 6.07 Å². The quantitative estimate of drug-likeness (QED) is 0.582. The van der Waals surface area contributed by atoms with E-state index in [2.05, 4.69) is 20.7 Å². The van der Waals surface area contributed by atoms with Gasteiger partial charge in [0.2, 0.25) is 5.95 Å². The summed E-state index contributed by atoms with van der Waals surface area (Å²) in [5.74, 6) is 5.98. The van der Waals surface area contributed by atoms with E-state index >= 15 is 0 Å². The van der Waals surface area contributed by atoms with Gasteiger partial charge >= 0.3 is 0 Å². The van der Waals surface area contributed by atoms with Crippen molar-refractivity contribution in [1.29, 1.82) is 0 Å². The van der Waals surface area contributed by atoms with Gasteiger partial charge in [0, 0.05) is 6.20 Å². The minimum atomic E-state index is -0.210.